The Kier molecular flexibility index (Phi) is 3.74. The summed E-state index contributed by atoms with van der Waals surface area (Å²) in [6, 6.07) is 3.29. The molecule has 92 valence electrons. The maximum Gasteiger partial charge on any atom is 0.195 e. The Bertz CT molecular complexity index is 400. The highest BCUT2D eigenvalue weighted by Gasteiger charge is 2.29. The average Bonchev–Trinajstić information content (AvgIpc) is 2.39. The van der Waals surface area contributed by atoms with Crippen molar-refractivity contribution in [2.45, 2.75) is 38.2 Å². The van der Waals surface area contributed by atoms with Crippen LogP contribution in [0.3, 0.4) is 0 Å². The van der Waals surface area contributed by atoms with Gasteiger partial charge in [-0.15, -0.1) is 0 Å². The second kappa shape index (κ2) is 5.27. The van der Waals surface area contributed by atoms with Crippen LogP contribution in [0.2, 0.25) is 0 Å². The number of aliphatic hydroxyl groups is 1. The summed E-state index contributed by atoms with van der Waals surface area (Å²) in [7, 11) is 0. The first kappa shape index (κ1) is 12.0. The maximum atomic E-state index is 12.1. The fraction of sp³-hybridized carbons (Fsp3) is 0.538. The molecule has 1 aliphatic carbocycles. The van der Waals surface area contributed by atoms with Crippen molar-refractivity contribution in [3.63, 3.8) is 0 Å². The normalized spacial score (nSPS) is 18.9. The minimum absolute atomic E-state index is 0.0795. The number of nitrogen functional groups attached to an aromatic ring is 1. The maximum absolute atomic E-state index is 12.1. The molecule has 4 heteroatoms. The number of carbonyl (C=O) groups is 1. The fourth-order valence-electron chi connectivity index (χ4n) is 2.45. The zero-order chi connectivity index (χ0) is 12.3. The largest absolute Gasteiger partial charge is 0.385 e. The van der Waals surface area contributed by atoms with Crippen LogP contribution in [-0.2, 0) is 0 Å². The average molecular weight is 234 g/mol. The summed E-state index contributed by atoms with van der Waals surface area (Å²) in [6.45, 7) is 0. The van der Waals surface area contributed by atoms with Crippen molar-refractivity contribution < 1.29 is 9.90 Å². The Hall–Kier alpha value is -1.42. The van der Waals surface area contributed by atoms with Gasteiger partial charge in [-0.05, 0) is 30.9 Å². The third-order valence-electron chi connectivity index (χ3n) is 3.47. The Labute approximate surface area is 101 Å². The molecule has 0 radical (unpaired) electrons. The van der Waals surface area contributed by atoms with Gasteiger partial charge >= 0.3 is 0 Å². The molecule has 0 bridgehead atoms. The Morgan fingerprint density at radius 2 is 2.12 bits per heavy atom. The lowest BCUT2D eigenvalue weighted by molar-refractivity contribution is 0.0535. The van der Waals surface area contributed by atoms with E-state index in [9.17, 15) is 9.90 Å². The molecular formula is C13H18N2O2. The van der Waals surface area contributed by atoms with Crippen molar-refractivity contribution in [3.05, 3.63) is 23.9 Å². The number of ketones is 1. The van der Waals surface area contributed by atoms with Crippen LogP contribution in [0, 0.1) is 5.92 Å². The predicted octanol–water partition coefficient (Wildman–Crippen LogP) is 1.79. The van der Waals surface area contributed by atoms with Gasteiger partial charge in [0.25, 0.3) is 0 Å². The van der Waals surface area contributed by atoms with E-state index in [0.29, 0.717) is 5.56 Å². The van der Waals surface area contributed by atoms with Gasteiger partial charge in [-0.1, -0.05) is 19.3 Å². The molecule has 0 aliphatic heterocycles. The number of aliphatic hydroxyl groups excluding tert-OH is 1. The number of nitrogens with two attached hydrogens (primary N) is 1. The van der Waals surface area contributed by atoms with Gasteiger partial charge in [0.1, 0.15) is 11.9 Å². The first-order chi connectivity index (χ1) is 8.20. The number of aromatic nitrogens is 1. The number of pyridine rings is 1. The van der Waals surface area contributed by atoms with Crippen LogP contribution >= 0.6 is 0 Å². The highest BCUT2D eigenvalue weighted by Crippen LogP contribution is 2.28. The molecule has 0 spiro atoms. The van der Waals surface area contributed by atoms with E-state index in [2.05, 4.69) is 4.98 Å². The van der Waals surface area contributed by atoms with E-state index in [-0.39, 0.29) is 17.5 Å². The quantitative estimate of drug-likeness (QED) is 0.782. The second-order valence-corrected chi connectivity index (χ2v) is 4.64. The third-order valence-corrected chi connectivity index (χ3v) is 3.47. The summed E-state index contributed by atoms with van der Waals surface area (Å²) in [4.78, 5) is 16.0. The first-order valence-corrected chi connectivity index (χ1v) is 6.13. The van der Waals surface area contributed by atoms with Crippen molar-refractivity contribution in [2.24, 2.45) is 5.92 Å². The molecule has 0 aromatic carbocycles. The predicted molar refractivity (Wildman–Crippen MR) is 65.6 cm³/mol. The van der Waals surface area contributed by atoms with Crippen molar-refractivity contribution in [3.8, 4) is 0 Å². The number of hydrogen-bond acceptors (Lipinski definition) is 4. The molecule has 0 amide bonds. The molecule has 17 heavy (non-hydrogen) atoms. The van der Waals surface area contributed by atoms with Gasteiger partial charge in [-0.3, -0.25) is 4.79 Å². The van der Waals surface area contributed by atoms with Crippen LogP contribution in [0.4, 0.5) is 5.82 Å². The first-order valence-electron chi connectivity index (χ1n) is 6.13. The van der Waals surface area contributed by atoms with Gasteiger partial charge in [0.05, 0.1) is 5.56 Å². The number of hydrogen-bond donors (Lipinski definition) is 2. The highest BCUT2D eigenvalue weighted by molar-refractivity contribution is 6.02. The van der Waals surface area contributed by atoms with E-state index in [1.807, 2.05) is 0 Å². The fourth-order valence-corrected chi connectivity index (χ4v) is 2.45. The van der Waals surface area contributed by atoms with Crippen LogP contribution < -0.4 is 5.73 Å². The Morgan fingerprint density at radius 1 is 1.41 bits per heavy atom. The highest BCUT2D eigenvalue weighted by atomic mass is 16.3. The van der Waals surface area contributed by atoms with E-state index < -0.39 is 6.10 Å². The summed E-state index contributed by atoms with van der Waals surface area (Å²) >= 11 is 0. The molecule has 4 nitrogen and oxygen atoms in total. The number of anilines is 1. The van der Waals surface area contributed by atoms with Crippen molar-refractivity contribution >= 4 is 11.6 Å². The summed E-state index contributed by atoms with van der Waals surface area (Å²) in [6.07, 6.45) is 5.85. The lowest BCUT2D eigenvalue weighted by Crippen LogP contribution is -2.31. The molecule has 1 aliphatic rings. The zero-order valence-electron chi connectivity index (χ0n) is 9.80. The van der Waals surface area contributed by atoms with Gasteiger partial charge in [-0.25, -0.2) is 4.98 Å². The standard InChI is InChI=1S/C13H18N2O2/c14-13-10(7-4-8-15-13)12(17)11(16)9-5-2-1-3-6-9/h4,7-9,11,16H,1-3,5-6H2,(H2,14,15). The van der Waals surface area contributed by atoms with Gasteiger partial charge in [0, 0.05) is 6.20 Å². The monoisotopic (exact) mass is 234 g/mol. The second-order valence-electron chi connectivity index (χ2n) is 4.64. The molecule has 1 saturated carbocycles. The van der Waals surface area contributed by atoms with Crippen LogP contribution in [0.1, 0.15) is 42.5 Å². The van der Waals surface area contributed by atoms with E-state index in [1.165, 1.54) is 6.42 Å². The van der Waals surface area contributed by atoms with Gasteiger partial charge < -0.3 is 10.8 Å². The van der Waals surface area contributed by atoms with E-state index >= 15 is 0 Å². The van der Waals surface area contributed by atoms with E-state index in [0.717, 1.165) is 25.7 Å². The summed E-state index contributed by atoms with van der Waals surface area (Å²) in [5, 5.41) is 10.1. The zero-order valence-corrected chi connectivity index (χ0v) is 9.80. The lowest BCUT2D eigenvalue weighted by atomic mass is 9.83. The van der Waals surface area contributed by atoms with Crippen LogP contribution in [0.25, 0.3) is 0 Å². The summed E-state index contributed by atoms with van der Waals surface area (Å²) < 4.78 is 0. The van der Waals surface area contributed by atoms with Crippen LogP contribution in [-0.4, -0.2) is 22.0 Å². The van der Waals surface area contributed by atoms with E-state index in [4.69, 9.17) is 5.73 Å². The number of rotatable bonds is 3. The Balaban J connectivity index is 2.11. The summed E-state index contributed by atoms with van der Waals surface area (Å²) in [5.41, 5.74) is 5.98. The van der Waals surface area contributed by atoms with Gasteiger partial charge in [0.15, 0.2) is 5.78 Å². The van der Waals surface area contributed by atoms with Crippen molar-refractivity contribution in [1.29, 1.82) is 0 Å². The molecule has 1 fully saturated rings. The van der Waals surface area contributed by atoms with Gasteiger partial charge in [-0.2, -0.15) is 0 Å². The molecule has 1 aromatic heterocycles. The molecule has 0 saturated heterocycles. The van der Waals surface area contributed by atoms with Crippen LogP contribution in [0.5, 0.6) is 0 Å². The molecular weight excluding hydrogens is 216 g/mol. The molecule has 1 aromatic rings. The lowest BCUT2D eigenvalue weighted by Gasteiger charge is -2.25. The smallest absolute Gasteiger partial charge is 0.195 e. The molecule has 2 rings (SSSR count). The van der Waals surface area contributed by atoms with Crippen molar-refractivity contribution in [2.75, 3.05) is 5.73 Å². The minimum Gasteiger partial charge on any atom is -0.385 e. The molecule has 1 unspecified atom stereocenters. The minimum atomic E-state index is -0.929. The summed E-state index contributed by atoms with van der Waals surface area (Å²) in [5.74, 6) is -0.00860. The number of carbonyl (C=O) groups excluding carboxylic acids is 1. The van der Waals surface area contributed by atoms with Crippen LogP contribution in [0.15, 0.2) is 18.3 Å². The third kappa shape index (κ3) is 2.64. The van der Waals surface area contributed by atoms with Gasteiger partial charge in [0.2, 0.25) is 0 Å². The SMILES string of the molecule is Nc1ncccc1C(=O)C(O)C1CCCCC1. The number of nitrogens with zero attached hydrogens (tertiary/aromatic N) is 1. The topological polar surface area (TPSA) is 76.2 Å². The number of Topliss-reactive ketones (excluding diaryl/α,β-unsaturated/α-hetero) is 1. The molecule has 1 heterocycles. The molecule has 3 N–H and O–H groups in total. The molecule has 1 atom stereocenters. The Morgan fingerprint density at radius 3 is 2.76 bits per heavy atom. The van der Waals surface area contributed by atoms with E-state index in [1.54, 1.807) is 18.3 Å². The van der Waals surface area contributed by atoms with Crippen molar-refractivity contribution in [1.82, 2.24) is 4.98 Å².